The fourth-order valence-corrected chi connectivity index (χ4v) is 14.4. The number of carbonyl (C=O) groups excluding carboxylic acids is 3. The summed E-state index contributed by atoms with van der Waals surface area (Å²) in [5.41, 5.74) is -1.68. The Kier molecular flexibility index (Phi) is 10.1. The smallest absolute Gasteiger partial charge is 0.344 e. The molecule has 338 valence electrons. The van der Waals surface area contributed by atoms with Gasteiger partial charge in [-0.3, -0.25) is 19.4 Å². The first-order valence-corrected chi connectivity index (χ1v) is 23.1. The molecular weight excluding hydrogens is 803 g/mol. The number of aromatic nitrogens is 1. The van der Waals surface area contributed by atoms with E-state index < -0.39 is 63.5 Å². The number of benzene rings is 2. The Balaban J connectivity index is 1.25. The van der Waals surface area contributed by atoms with Gasteiger partial charge >= 0.3 is 17.9 Å². The summed E-state index contributed by atoms with van der Waals surface area (Å²) in [5, 5.41) is 30.0. The zero-order valence-electron chi connectivity index (χ0n) is 37.5. The van der Waals surface area contributed by atoms with E-state index in [0.29, 0.717) is 95.5 Å². The first kappa shape index (κ1) is 42.5. The normalized spacial score (nSPS) is 37.8. The maximum Gasteiger partial charge on any atom is 0.344 e. The predicted octanol–water partition coefficient (Wildman–Crippen LogP) is 3.72. The van der Waals surface area contributed by atoms with Crippen molar-refractivity contribution in [1.82, 2.24) is 20.1 Å². The lowest BCUT2D eigenvalue weighted by Crippen LogP contribution is -2.81. The van der Waals surface area contributed by atoms with E-state index in [2.05, 4.69) is 44.4 Å². The van der Waals surface area contributed by atoms with Gasteiger partial charge < -0.3 is 44.4 Å². The lowest BCUT2D eigenvalue weighted by Gasteiger charge is -2.63. The molecule has 4 N–H and O–H groups in total. The molecule has 4 fully saturated rings. The van der Waals surface area contributed by atoms with Gasteiger partial charge in [0.15, 0.2) is 6.10 Å². The van der Waals surface area contributed by atoms with Gasteiger partial charge in [-0.2, -0.15) is 0 Å². The lowest BCUT2D eigenvalue weighted by molar-refractivity contribution is -0.230. The molecule has 10 rings (SSSR count). The van der Waals surface area contributed by atoms with Gasteiger partial charge in [-0.1, -0.05) is 44.2 Å². The molecule has 7 heterocycles. The SMILES string of the molecule is CC[C@]1(O)C[C@@H]2CN(CCc3c([nH]c4ccccc34)[C@@](C(=O)OC)(c3cc4c(cc3OC)N(C)C3C45CCN4CC=C[C@](CC)(C45)[C@@H](OC(=O)C4CCCN4)[C@]3(O)C(=O)OC)C2)C1. The third-order valence-electron chi connectivity index (χ3n) is 16.9. The van der Waals surface area contributed by atoms with Crippen molar-refractivity contribution in [2.45, 2.75) is 111 Å². The highest BCUT2D eigenvalue weighted by molar-refractivity contribution is 5.95. The fraction of sp³-hybridized carbons (Fsp3) is 0.612. The van der Waals surface area contributed by atoms with Crippen molar-refractivity contribution in [2.75, 3.05) is 72.5 Å². The van der Waals surface area contributed by atoms with E-state index in [9.17, 15) is 19.8 Å². The Labute approximate surface area is 369 Å². The van der Waals surface area contributed by atoms with Crippen LogP contribution in [0.15, 0.2) is 48.6 Å². The van der Waals surface area contributed by atoms with Crippen LogP contribution < -0.4 is 15.0 Å². The topological polar surface area (TPSA) is 166 Å². The number of H-pyrrole nitrogens is 1. The van der Waals surface area contributed by atoms with Crippen LogP contribution >= 0.6 is 0 Å². The molecule has 14 nitrogen and oxygen atoms in total. The lowest BCUT2D eigenvalue weighted by atomic mass is 9.47. The number of aromatic amines is 1. The van der Waals surface area contributed by atoms with Gasteiger partial charge in [0.1, 0.15) is 17.2 Å². The highest BCUT2D eigenvalue weighted by Gasteiger charge is 2.80. The van der Waals surface area contributed by atoms with Gasteiger partial charge in [0, 0.05) is 84.0 Å². The number of piperidine rings is 1. The Morgan fingerprint density at radius 1 is 0.952 bits per heavy atom. The summed E-state index contributed by atoms with van der Waals surface area (Å²) in [6.07, 6.45) is 7.40. The van der Waals surface area contributed by atoms with Crippen molar-refractivity contribution < 1.29 is 43.5 Å². The third-order valence-corrected chi connectivity index (χ3v) is 16.9. The van der Waals surface area contributed by atoms with Crippen molar-refractivity contribution in [2.24, 2.45) is 11.3 Å². The largest absolute Gasteiger partial charge is 0.496 e. The first-order valence-electron chi connectivity index (χ1n) is 23.1. The molecule has 7 aliphatic rings. The molecule has 1 aliphatic carbocycles. The molecule has 14 heteroatoms. The number of nitrogens with zero attached hydrogens (tertiary/aromatic N) is 3. The molecule has 1 aromatic heterocycles. The summed E-state index contributed by atoms with van der Waals surface area (Å²) in [5.74, 6) is -1.44. The number of hydrogen-bond donors (Lipinski definition) is 4. The molecule has 2 aromatic carbocycles. The zero-order valence-corrected chi connectivity index (χ0v) is 37.5. The van der Waals surface area contributed by atoms with Crippen LogP contribution in [-0.2, 0) is 45.8 Å². The number of methoxy groups -OCH3 is 3. The molecule has 63 heavy (non-hydrogen) atoms. The minimum atomic E-state index is -2.33. The van der Waals surface area contributed by atoms with Gasteiger partial charge in [0.2, 0.25) is 5.60 Å². The van der Waals surface area contributed by atoms with Gasteiger partial charge in [-0.15, -0.1) is 0 Å². The predicted molar refractivity (Wildman–Crippen MR) is 236 cm³/mol. The highest BCUT2D eigenvalue weighted by atomic mass is 16.6. The van der Waals surface area contributed by atoms with Gasteiger partial charge in [0.25, 0.3) is 0 Å². The molecule has 3 aromatic rings. The second-order valence-electron chi connectivity index (χ2n) is 19.7. The van der Waals surface area contributed by atoms with Gasteiger partial charge in [0.05, 0.1) is 33.0 Å². The number of rotatable bonds is 8. The number of esters is 3. The first-order chi connectivity index (χ1) is 30.3. The van der Waals surface area contributed by atoms with Crippen molar-refractivity contribution >= 4 is 34.5 Å². The van der Waals surface area contributed by atoms with E-state index in [-0.39, 0.29) is 12.0 Å². The molecule has 1 spiro atoms. The van der Waals surface area contributed by atoms with Crippen LogP contribution in [0.4, 0.5) is 5.69 Å². The Bertz CT molecular complexity index is 2380. The quantitative estimate of drug-likeness (QED) is 0.147. The fourth-order valence-electron chi connectivity index (χ4n) is 14.4. The standard InChI is InChI=1S/C49H63N5O9/c1-7-45(58)25-29-26-48(43(56)61-5,38-31(16-21-53(27-29)28-45)30-13-9-10-14-34(30)51-38)33-23-32-36(24-37(33)60-4)52(3)41-47(32)18-22-54-20-12-17-46(8-2,40(47)54)42(49(41,59)44(57)62-6)63-39(55)35-15-11-19-50-35/h9-10,12-14,17,23-24,29,35,40-42,50-51,58-59H,7-8,11,15-16,18-22,25-28H2,1-6H3/t29-,35?,40?,41?,42+,45-,46+,47?,48-,49-/m0/s1. The Morgan fingerprint density at radius 3 is 2.46 bits per heavy atom. The van der Waals surface area contributed by atoms with Crippen LogP contribution in [0.3, 0.4) is 0 Å². The highest BCUT2D eigenvalue weighted by Crippen LogP contribution is 2.68. The molecular formula is C49H63N5O9. The molecule has 6 aliphatic heterocycles. The number of fused-ring (bicyclic) bond motifs is 6. The number of ether oxygens (including phenoxy) is 4. The van der Waals surface area contributed by atoms with Crippen LogP contribution in [0.2, 0.25) is 0 Å². The number of anilines is 1. The second-order valence-corrected chi connectivity index (χ2v) is 19.7. The molecule has 11 atom stereocenters. The number of carbonyl (C=O) groups is 3. The van der Waals surface area contributed by atoms with Crippen LogP contribution in [0.1, 0.15) is 81.2 Å². The minimum Gasteiger partial charge on any atom is -0.496 e. The number of likely N-dealkylation sites (N-methyl/N-ethyl adjacent to an activating group) is 1. The van der Waals surface area contributed by atoms with E-state index in [1.807, 2.05) is 50.1 Å². The summed E-state index contributed by atoms with van der Waals surface area (Å²) in [6, 6.07) is 10.4. The monoisotopic (exact) mass is 865 g/mol. The summed E-state index contributed by atoms with van der Waals surface area (Å²) >= 11 is 0. The second kappa shape index (κ2) is 15.0. The number of aliphatic hydroxyl groups is 2. The van der Waals surface area contributed by atoms with Crippen LogP contribution in [0, 0.1) is 11.3 Å². The van der Waals surface area contributed by atoms with Gasteiger partial charge in [-0.25, -0.2) is 4.79 Å². The molecule has 0 amide bonds. The average molecular weight is 866 g/mol. The van der Waals surface area contributed by atoms with Gasteiger partial charge in [-0.05, 0) is 93.6 Å². The van der Waals surface area contributed by atoms with Crippen LogP contribution in [-0.4, -0.2) is 146 Å². The van der Waals surface area contributed by atoms with Crippen LogP contribution in [0.25, 0.3) is 10.9 Å². The Hall–Kier alpha value is -4.47. The van der Waals surface area contributed by atoms with Crippen LogP contribution in [0.5, 0.6) is 5.75 Å². The number of hydrogen-bond acceptors (Lipinski definition) is 13. The molecule has 1 saturated carbocycles. The van der Waals surface area contributed by atoms with Crippen molar-refractivity contribution in [3.05, 3.63) is 70.9 Å². The van der Waals surface area contributed by atoms with Crippen molar-refractivity contribution in [1.29, 1.82) is 0 Å². The third kappa shape index (κ3) is 5.69. The molecule has 5 unspecified atom stereocenters. The van der Waals surface area contributed by atoms with Crippen molar-refractivity contribution in [3.63, 3.8) is 0 Å². The summed E-state index contributed by atoms with van der Waals surface area (Å²) in [7, 11) is 6.21. The maximum absolute atomic E-state index is 15.4. The maximum atomic E-state index is 15.4. The van der Waals surface area contributed by atoms with Crippen molar-refractivity contribution in [3.8, 4) is 5.75 Å². The number of nitrogens with one attached hydrogen (secondary N) is 2. The van der Waals surface area contributed by atoms with E-state index in [1.165, 1.54) is 14.2 Å². The Morgan fingerprint density at radius 2 is 1.75 bits per heavy atom. The van der Waals surface area contributed by atoms with E-state index in [0.717, 1.165) is 39.8 Å². The average Bonchev–Trinajstić information content (AvgIpc) is 4.11. The number of para-hydroxylation sites is 1. The summed E-state index contributed by atoms with van der Waals surface area (Å²) in [4.78, 5) is 54.8. The molecule has 3 saturated heterocycles. The molecule has 0 radical (unpaired) electrons. The zero-order chi connectivity index (χ0) is 44.3. The summed E-state index contributed by atoms with van der Waals surface area (Å²) < 4.78 is 24.6. The minimum absolute atomic E-state index is 0.103. The van der Waals surface area contributed by atoms with E-state index in [1.54, 1.807) is 7.11 Å². The van der Waals surface area contributed by atoms with E-state index in [4.69, 9.17) is 18.9 Å². The summed E-state index contributed by atoms with van der Waals surface area (Å²) in [6.45, 7) is 8.02. The van der Waals surface area contributed by atoms with E-state index >= 15 is 4.79 Å². The molecule has 2 bridgehead atoms.